The summed E-state index contributed by atoms with van der Waals surface area (Å²) < 4.78 is 6.55. The van der Waals surface area contributed by atoms with Crippen LogP contribution in [0.25, 0.3) is 0 Å². The Labute approximate surface area is 105 Å². The first-order valence-corrected chi connectivity index (χ1v) is 5.86. The van der Waals surface area contributed by atoms with E-state index >= 15 is 0 Å². The average Bonchev–Trinajstić information content (AvgIpc) is 2.65. The number of aromatic nitrogens is 2. The predicted molar refractivity (Wildman–Crippen MR) is 62.9 cm³/mol. The lowest BCUT2D eigenvalue weighted by Gasteiger charge is -2.07. The van der Waals surface area contributed by atoms with Gasteiger partial charge in [-0.2, -0.15) is 0 Å². The topological polar surface area (TPSA) is 61.2 Å². The minimum absolute atomic E-state index is 0.248. The highest BCUT2D eigenvalue weighted by Crippen LogP contribution is 2.13. The van der Waals surface area contributed by atoms with Crippen molar-refractivity contribution in [2.45, 2.75) is 32.7 Å². The molecular formula is C11H15ClN2O3. The molecule has 1 aromatic heterocycles. The van der Waals surface area contributed by atoms with Crippen molar-refractivity contribution in [3.8, 4) is 0 Å². The summed E-state index contributed by atoms with van der Waals surface area (Å²) in [6, 6.07) is 0. The minimum Gasteiger partial charge on any atom is -0.466 e. The summed E-state index contributed by atoms with van der Waals surface area (Å²) in [6.07, 6.45) is 3.52. The largest absolute Gasteiger partial charge is 0.466 e. The second-order valence-corrected chi connectivity index (χ2v) is 3.80. The van der Waals surface area contributed by atoms with Crippen molar-refractivity contribution in [1.82, 2.24) is 9.55 Å². The molecule has 0 aliphatic heterocycles. The molecule has 0 spiro atoms. The Hall–Kier alpha value is -1.36. The first-order valence-electron chi connectivity index (χ1n) is 5.48. The molecule has 17 heavy (non-hydrogen) atoms. The molecule has 1 heterocycles. The fraction of sp³-hybridized carbons (Fsp3) is 0.545. The minimum atomic E-state index is -0.265. The second kappa shape index (κ2) is 7.06. The number of carbonyl (C=O) groups excluding carboxylic acids is 2. The molecule has 5 nitrogen and oxygen atoms in total. The zero-order valence-electron chi connectivity index (χ0n) is 9.69. The Morgan fingerprint density at radius 2 is 2.41 bits per heavy atom. The first kappa shape index (κ1) is 13.7. The molecule has 0 atom stereocenters. The van der Waals surface area contributed by atoms with E-state index in [9.17, 15) is 9.59 Å². The number of aryl methyl sites for hydroxylation is 1. The molecule has 0 unspecified atom stereocenters. The standard InChI is InChI=1S/C11H15ClN2O3/c1-2-17-11(16)5-6-14-9(12)8-13-10(14)4-3-7-15/h7-8H,2-6H2,1H3. The van der Waals surface area contributed by atoms with E-state index in [1.165, 1.54) is 6.20 Å². The maximum absolute atomic E-state index is 11.2. The molecule has 0 aromatic carbocycles. The van der Waals surface area contributed by atoms with Crippen molar-refractivity contribution in [3.05, 3.63) is 17.2 Å². The van der Waals surface area contributed by atoms with Gasteiger partial charge in [-0.25, -0.2) is 4.98 Å². The molecule has 0 aliphatic carbocycles. The van der Waals surface area contributed by atoms with Gasteiger partial charge in [-0.1, -0.05) is 11.6 Å². The number of esters is 1. The smallest absolute Gasteiger partial charge is 0.307 e. The molecule has 1 rings (SSSR count). The van der Waals surface area contributed by atoms with E-state index < -0.39 is 0 Å². The monoisotopic (exact) mass is 258 g/mol. The molecule has 0 fully saturated rings. The van der Waals surface area contributed by atoms with Crippen LogP contribution >= 0.6 is 11.6 Å². The van der Waals surface area contributed by atoms with Crippen molar-refractivity contribution < 1.29 is 14.3 Å². The number of nitrogens with zero attached hydrogens (tertiary/aromatic N) is 2. The number of aldehydes is 1. The van der Waals surface area contributed by atoms with E-state index in [-0.39, 0.29) is 12.4 Å². The number of hydrogen-bond acceptors (Lipinski definition) is 4. The van der Waals surface area contributed by atoms with Crippen molar-refractivity contribution in [1.29, 1.82) is 0 Å². The summed E-state index contributed by atoms with van der Waals surface area (Å²) in [5, 5.41) is 0.468. The Bertz CT molecular complexity index is 390. The third-order valence-electron chi connectivity index (χ3n) is 2.22. The van der Waals surface area contributed by atoms with Crippen LogP contribution in [-0.4, -0.2) is 28.4 Å². The number of imidazole rings is 1. The van der Waals surface area contributed by atoms with Gasteiger partial charge in [0.15, 0.2) is 0 Å². The van der Waals surface area contributed by atoms with Crippen LogP contribution in [0.3, 0.4) is 0 Å². The van der Waals surface area contributed by atoms with E-state index in [4.69, 9.17) is 16.3 Å². The molecule has 0 saturated carbocycles. The SMILES string of the molecule is CCOC(=O)CCn1c(Cl)cnc1CCC=O. The Kier molecular flexibility index (Phi) is 5.69. The molecule has 0 amide bonds. The maximum Gasteiger partial charge on any atom is 0.307 e. The van der Waals surface area contributed by atoms with E-state index in [1.54, 1.807) is 11.5 Å². The summed E-state index contributed by atoms with van der Waals surface area (Å²) >= 11 is 5.94. The Balaban J connectivity index is 2.59. The highest BCUT2D eigenvalue weighted by molar-refractivity contribution is 6.29. The average molecular weight is 259 g/mol. The molecule has 0 aliphatic rings. The summed E-state index contributed by atoms with van der Waals surface area (Å²) in [4.78, 5) is 25.6. The summed E-state index contributed by atoms with van der Waals surface area (Å²) in [6.45, 7) is 2.55. The summed E-state index contributed by atoms with van der Waals surface area (Å²) in [7, 11) is 0. The van der Waals surface area contributed by atoms with Gasteiger partial charge in [0.1, 0.15) is 17.3 Å². The van der Waals surface area contributed by atoms with Crippen molar-refractivity contribution >= 4 is 23.9 Å². The number of hydrogen-bond donors (Lipinski definition) is 0. The van der Waals surface area contributed by atoms with Gasteiger partial charge >= 0.3 is 5.97 Å². The molecular weight excluding hydrogens is 244 g/mol. The van der Waals surface area contributed by atoms with Crippen molar-refractivity contribution in [3.63, 3.8) is 0 Å². The molecule has 0 N–H and O–H groups in total. The van der Waals surface area contributed by atoms with Crippen LogP contribution in [0, 0.1) is 0 Å². The van der Waals surface area contributed by atoms with E-state index in [1.807, 2.05) is 0 Å². The van der Waals surface area contributed by atoms with Gasteiger partial charge in [-0.3, -0.25) is 4.79 Å². The van der Waals surface area contributed by atoms with Crippen LogP contribution < -0.4 is 0 Å². The zero-order chi connectivity index (χ0) is 12.7. The molecule has 94 valence electrons. The third kappa shape index (κ3) is 4.19. The number of ether oxygens (including phenoxy) is 1. The zero-order valence-corrected chi connectivity index (χ0v) is 10.4. The molecule has 0 bridgehead atoms. The summed E-state index contributed by atoms with van der Waals surface area (Å²) in [5.41, 5.74) is 0. The normalized spacial score (nSPS) is 10.2. The lowest BCUT2D eigenvalue weighted by atomic mass is 10.3. The van der Waals surface area contributed by atoms with Crippen LogP contribution in [0.5, 0.6) is 0 Å². The fourth-order valence-electron chi connectivity index (χ4n) is 1.45. The lowest BCUT2D eigenvalue weighted by molar-refractivity contribution is -0.143. The second-order valence-electron chi connectivity index (χ2n) is 3.41. The van der Waals surface area contributed by atoms with Gasteiger partial charge in [-0.05, 0) is 6.92 Å². The number of rotatable bonds is 7. The van der Waals surface area contributed by atoms with Crippen molar-refractivity contribution in [2.75, 3.05) is 6.61 Å². The van der Waals surface area contributed by atoms with Crippen molar-refractivity contribution in [2.24, 2.45) is 0 Å². The van der Waals surface area contributed by atoms with Gasteiger partial charge < -0.3 is 14.1 Å². The van der Waals surface area contributed by atoms with E-state index in [0.717, 1.165) is 6.29 Å². The fourth-order valence-corrected chi connectivity index (χ4v) is 1.68. The lowest BCUT2D eigenvalue weighted by Crippen LogP contribution is -2.11. The van der Waals surface area contributed by atoms with Crippen LogP contribution in [0.15, 0.2) is 6.20 Å². The molecule has 6 heteroatoms. The van der Waals surface area contributed by atoms with E-state index in [2.05, 4.69) is 4.98 Å². The highest BCUT2D eigenvalue weighted by Gasteiger charge is 2.10. The van der Waals surface area contributed by atoms with Gasteiger partial charge in [0, 0.05) is 19.4 Å². The number of halogens is 1. The quantitative estimate of drug-likeness (QED) is 0.551. The van der Waals surface area contributed by atoms with Gasteiger partial charge in [0.25, 0.3) is 0 Å². The van der Waals surface area contributed by atoms with Gasteiger partial charge in [-0.15, -0.1) is 0 Å². The molecule has 1 aromatic rings. The first-order chi connectivity index (χ1) is 8.19. The predicted octanol–water partition coefficient (Wildman–Crippen LogP) is 1.62. The molecule has 0 radical (unpaired) electrons. The summed E-state index contributed by atoms with van der Waals surface area (Å²) in [5.74, 6) is 0.449. The van der Waals surface area contributed by atoms with E-state index in [0.29, 0.717) is 37.0 Å². The Morgan fingerprint density at radius 1 is 1.65 bits per heavy atom. The highest BCUT2D eigenvalue weighted by atomic mass is 35.5. The van der Waals surface area contributed by atoms with Gasteiger partial charge in [0.05, 0.1) is 19.2 Å². The molecule has 0 saturated heterocycles. The Morgan fingerprint density at radius 3 is 3.06 bits per heavy atom. The van der Waals surface area contributed by atoms with Crippen LogP contribution in [0.1, 0.15) is 25.6 Å². The maximum atomic E-state index is 11.2. The number of carbonyl (C=O) groups is 2. The van der Waals surface area contributed by atoms with Gasteiger partial charge in [0.2, 0.25) is 0 Å². The van der Waals surface area contributed by atoms with Crippen LogP contribution in [0.2, 0.25) is 5.15 Å². The van der Waals surface area contributed by atoms with Crippen LogP contribution in [0.4, 0.5) is 0 Å². The van der Waals surface area contributed by atoms with Crippen LogP contribution in [-0.2, 0) is 27.3 Å². The third-order valence-corrected chi connectivity index (χ3v) is 2.52.